The maximum absolute atomic E-state index is 14.2. The van der Waals surface area contributed by atoms with E-state index in [1.165, 1.54) is 15.3 Å². The highest BCUT2D eigenvalue weighted by molar-refractivity contribution is 7.19. The summed E-state index contributed by atoms with van der Waals surface area (Å²) in [4.78, 5) is 39.5. The number of aliphatic hydroxyl groups excluding tert-OH is 1. The Morgan fingerprint density at radius 2 is 1.80 bits per heavy atom. The average Bonchev–Trinajstić information content (AvgIpc) is 4.05. The van der Waals surface area contributed by atoms with E-state index in [1.807, 2.05) is 75.7 Å². The second-order valence-electron chi connectivity index (χ2n) is 16.3. The van der Waals surface area contributed by atoms with Crippen molar-refractivity contribution < 1.29 is 29.1 Å². The predicted molar refractivity (Wildman–Crippen MR) is 232 cm³/mol. The van der Waals surface area contributed by atoms with Gasteiger partial charge in [0, 0.05) is 41.4 Å². The zero-order valence-electron chi connectivity index (χ0n) is 34.5. The van der Waals surface area contributed by atoms with Crippen LogP contribution in [0.2, 0.25) is 0 Å². The number of benzene rings is 2. The number of piperidine rings is 1. The molecule has 4 aromatic heterocycles. The number of β-amino-alcohol motifs (C(OH)–C–C–N with tert-alkyl or cyclic N) is 1. The zero-order valence-corrected chi connectivity index (χ0v) is 36.1. The molecule has 2 aliphatic rings. The first-order valence-corrected chi connectivity index (χ1v) is 22.3. The second-order valence-corrected chi connectivity index (χ2v) is 18.2. The van der Waals surface area contributed by atoms with Crippen LogP contribution in [-0.4, -0.2) is 97.1 Å². The molecule has 2 aromatic carbocycles. The third kappa shape index (κ3) is 8.67. The Labute approximate surface area is 357 Å². The molecule has 60 heavy (non-hydrogen) atoms. The molecule has 2 fully saturated rings. The van der Waals surface area contributed by atoms with Crippen LogP contribution in [0.3, 0.4) is 0 Å². The van der Waals surface area contributed by atoms with E-state index >= 15 is 0 Å². The molecular weight excluding hydrogens is 799 g/mol. The van der Waals surface area contributed by atoms with Crippen LogP contribution in [0.25, 0.3) is 31.9 Å². The standard InChI is InChI=1S/C45H51N7O6S2/c1-25(2)40(45(56)52-23-32(53)20-36(52)43(55)47-27(4)29-10-12-30(13-11-29)42-28(5)46-24-59-42)38-22-39(50-58-38)57-19-18-51-16-14-31(15-17-51)41-26(3)34-21-35(48-49-44(34)60-41)33-8-6-7-9-37(33)54/h6-13,21-22,24-25,27,31-32,36,40,53-54H,14-20,23H2,1-5H3,(H,47,55)/t27-,32+,36?,40+/m0/s1. The van der Waals surface area contributed by atoms with Gasteiger partial charge in [-0.3, -0.25) is 14.5 Å². The number of nitrogens with one attached hydrogen (secondary N) is 1. The summed E-state index contributed by atoms with van der Waals surface area (Å²) in [5, 5.41) is 38.3. The van der Waals surface area contributed by atoms with Crippen molar-refractivity contribution in [3.8, 4) is 33.3 Å². The number of amides is 2. The van der Waals surface area contributed by atoms with E-state index < -0.39 is 18.1 Å². The number of aliphatic hydroxyl groups is 1. The molecule has 2 aliphatic heterocycles. The molecular formula is C45H51N7O6S2. The SMILES string of the molecule is Cc1ncsc1-c1ccc([C@H](C)NC(=O)C2C[C@@H](O)CN2C(=O)[C@@H](c2cc(OCCN3CCC(c4sc5nnc(-c6ccccc6O)cc5c4C)CC3)no2)C(C)C)cc1. The van der Waals surface area contributed by atoms with Gasteiger partial charge < -0.3 is 29.7 Å². The number of carbonyl (C=O) groups is 2. The van der Waals surface area contributed by atoms with Gasteiger partial charge in [0.05, 0.1) is 33.9 Å². The number of aromatic nitrogens is 4. The number of thiazole rings is 1. The van der Waals surface area contributed by atoms with Crippen LogP contribution in [0.5, 0.6) is 11.6 Å². The fraction of sp³-hybridized carbons (Fsp3) is 0.422. The first kappa shape index (κ1) is 41.5. The van der Waals surface area contributed by atoms with Gasteiger partial charge in [-0.05, 0) is 98.6 Å². The van der Waals surface area contributed by atoms with Crippen molar-refractivity contribution in [2.75, 3.05) is 32.8 Å². The normalized spacial score (nSPS) is 18.6. The molecule has 2 saturated heterocycles. The summed E-state index contributed by atoms with van der Waals surface area (Å²) < 4.78 is 11.8. The van der Waals surface area contributed by atoms with Gasteiger partial charge in [-0.2, -0.15) is 0 Å². The molecule has 13 nitrogen and oxygen atoms in total. The van der Waals surface area contributed by atoms with Gasteiger partial charge in [0.1, 0.15) is 29.1 Å². The number of rotatable bonds is 13. The van der Waals surface area contributed by atoms with E-state index in [-0.39, 0.29) is 42.5 Å². The van der Waals surface area contributed by atoms with Crippen LogP contribution in [0.1, 0.15) is 85.4 Å². The lowest BCUT2D eigenvalue weighted by atomic mass is 9.91. The van der Waals surface area contributed by atoms with Crippen LogP contribution in [0.4, 0.5) is 0 Å². The summed E-state index contributed by atoms with van der Waals surface area (Å²) in [5.74, 6) is -0.183. The van der Waals surface area contributed by atoms with E-state index in [9.17, 15) is 19.8 Å². The topological polar surface area (TPSA) is 167 Å². The number of carbonyl (C=O) groups excluding carboxylic acids is 2. The summed E-state index contributed by atoms with van der Waals surface area (Å²) >= 11 is 3.31. The van der Waals surface area contributed by atoms with Crippen LogP contribution in [-0.2, 0) is 9.59 Å². The third-order valence-electron chi connectivity index (χ3n) is 11.9. The first-order chi connectivity index (χ1) is 28.9. The summed E-state index contributed by atoms with van der Waals surface area (Å²) in [6, 6.07) is 17.8. The maximum Gasteiger partial charge on any atom is 0.254 e. The van der Waals surface area contributed by atoms with Crippen molar-refractivity contribution in [3.05, 3.63) is 93.6 Å². The zero-order chi connectivity index (χ0) is 42.1. The van der Waals surface area contributed by atoms with Gasteiger partial charge in [-0.25, -0.2) is 4.98 Å². The number of fused-ring (bicyclic) bond motifs is 1. The summed E-state index contributed by atoms with van der Waals surface area (Å²) in [7, 11) is 0. The number of nitrogens with zero attached hydrogens (tertiary/aromatic N) is 6. The van der Waals surface area contributed by atoms with Crippen molar-refractivity contribution in [2.45, 2.75) is 83.9 Å². The summed E-state index contributed by atoms with van der Waals surface area (Å²) in [6.45, 7) is 13.0. The highest BCUT2D eigenvalue weighted by Crippen LogP contribution is 2.41. The minimum Gasteiger partial charge on any atom is -0.507 e. The maximum atomic E-state index is 14.2. The van der Waals surface area contributed by atoms with Gasteiger partial charge in [0.15, 0.2) is 5.76 Å². The fourth-order valence-electron chi connectivity index (χ4n) is 8.55. The van der Waals surface area contributed by atoms with Gasteiger partial charge in [-0.1, -0.05) is 50.2 Å². The average molecular weight is 850 g/mol. The van der Waals surface area contributed by atoms with Gasteiger partial charge >= 0.3 is 0 Å². The van der Waals surface area contributed by atoms with Gasteiger partial charge in [-0.15, -0.1) is 32.9 Å². The third-order valence-corrected chi connectivity index (χ3v) is 14.3. The molecule has 0 aliphatic carbocycles. The smallest absolute Gasteiger partial charge is 0.254 e. The number of ether oxygens (including phenoxy) is 1. The Balaban J connectivity index is 0.839. The number of thiophene rings is 1. The molecule has 0 bridgehead atoms. The number of hydrogen-bond donors (Lipinski definition) is 3. The molecule has 0 spiro atoms. The lowest BCUT2D eigenvalue weighted by molar-refractivity contribution is -0.141. The lowest BCUT2D eigenvalue weighted by Crippen LogP contribution is -2.48. The van der Waals surface area contributed by atoms with Crippen LogP contribution >= 0.6 is 22.7 Å². The highest BCUT2D eigenvalue weighted by atomic mass is 32.1. The Hall–Kier alpha value is -5.22. The Kier molecular flexibility index (Phi) is 12.3. The number of aryl methyl sites for hydroxylation is 2. The molecule has 2 amide bonds. The van der Waals surface area contributed by atoms with E-state index in [0.717, 1.165) is 64.4 Å². The van der Waals surface area contributed by atoms with Gasteiger partial charge in [0.25, 0.3) is 5.88 Å². The fourth-order valence-corrected chi connectivity index (χ4v) is 10.6. The molecule has 15 heteroatoms. The quantitative estimate of drug-likeness (QED) is 0.105. The van der Waals surface area contributed by atoms with E-state index in [0.29, 0.717) is 35.4 Å². The van der Waals surface area contributed by atoms with Crippen LogP contribution in [0.15, 0.2) is 70.7 Å². The first-order valence-electron chi connectivity index (χ1n) is 20.6. The molecule has 6 aromatic rings. The predicted octanol–water partition coefficient (Wildman–Crippen LogP) is 7.63. The number of aromatic hydroxyl groups is 1. The van der Waals surface area contributed by atoms with Crippen molar-refractivity contribution in [3.63, 3.8) is 0 Å². The summed E-state index contributed by atoms with van der Waals surface area (Å²) in [6.07, 6.45) is 1.37. The van der Waals surface area contributed by atoms with E-state index in [1.54, 1.807) is 40.9 Å². The molecule has 8 rings (SSSR count). The molecule has 6 heterocycles. The molecule has 0 radical (unpaired) electrons. The highest BCUT2D eigenvalue weighted by Gasteiger charge is 2.43. The number of phenolic OH excluding ortho intramolecular Hbond substituents is 1. The van der Waals surface area contributed by atoms with Crippen LogP contribution in [0, 0.1) is 19.8 Å². The molecule has 1 unspecified atom stereocenters. The monoisotopic (exact) mass is 849 g/mol. The number of phenols is 1. The Morgan fingerprint density at radius 1 is 1.03 bits per heavy atom. The lowest BCUT2D eigenvalue weighted by Gasteiger charge is -2.31. The molecule has 3 N–H and O–H groups in total. The van der Waals surface area contributed by atoms with Crippen LogP contribution < -0.4 is 10.1 Å². The van der Waals surface area contributed by atoms with Crippen molar-refractivity contribution in [1.29, 1.82) is 0 Å². The number of para-hydroxylation sites is 1. The van der Waals surface area contributed by atoms with E-state index in [4.69, 9.17) is 9.26 Å². The minimum atomic E-state index is -0.822. The van der Waals surface area contributed by atoms with E-state index in [2.05, 4.69) is 37.5 Å². The minimum absolute atomic E-state index is 0.0583. The Morgan fingerprint density at radius 3 is 2.52 bits per heavy atom. The number of likely N-dealkylation sites (tertiary alicyclic amines) is 2. The molecule has 314 valence electrons. The van der Waals surface area contributed by atoms with Crippen molar-refractivity contribution in [1.82, 2.24) is 35.5 Å². The van der Waals surface area contributed by atoms with Crippen molar-refractivity contribution in [2.24, 2.45) is 5.92 Å². The molecule has 0 saturated carbocycles. The second kappa shape index (κ2) is 17.8. The number of hydrogen-bond acceptors (Lipinski definition) is 13. The Bertz CT molecular complexity index is 2460. The van der Waals surface area contributed by atoms with Crippen molar-refractivity contribution >= 4 is 44.7 Å². The van der Waals surface area contributed by atoms with Gasteiger partial charge in [0.2, 0.25) is 11.8 Å². The molecule has 4 atom stereocenters. The largest absolute Gasteiger partial charge is 0.507 e. The summed E-state index contributed by atoms with van der Waals surface area (Å²) in [5.41, 5.74) is 7.39.